The SMILES string of the molecule is C=C(C)CO[Si](C(C)CC)(C(C)CC)C(C)(C)CC. The Morgan fingerprint density at radius 2 is 1.53 bits per heavy atom. The average molecular weight is 285 g/mol. The van der Waals surface area contributed by atoms with Crippen LogP contribution in [0.1, 0.15) is 74.7 Å². The first-order chi connectivity index (χ1) is 8.69. The molecule has 1 nitrogen and oxygen atoms in total. The molecule has 19 heavy (non-hydrogen) atoms. The van der Waals surface area contributed by atoms with Gasteiger partial charge in [0.2, 0.25) is 8.32 Å². The van der Waals surface area contributed by atoms with E-state index in [1.807, 2.05) is 0 Å². The van der Waals surface area contributed by atoms with Gasteiger partial charge in [-0.05, 0) is 23.0 Å². The lowest BCUT2D eigenvalue weighted by Crippen LogP contribution is -2.54. The summed E-state index contributed by atoms with van der Waals surface area (Å²) in [5, 5.41) is 0.313. The number of hydrogen-bond acceptors (Lipinski definition) is 1. The quantitative estimate of drug-likeness (QED) is 0.356. The van der Waals surface area contributed by atoms with E-state index in [1.165, 1.54) is 19.3 Å². The Hall–Kier alpha value is -0.0831. The summed E-state index contributed by atoms with van der Waals surface area (Å²) >= 11 is 0. The molecule has 0 heterocycles. The molecule has 0 rings (SSSR count). The maximum Gasteiger partial charge on any atom is 0.204 e. The zero-order valence-electron chi connectivity index (χ0n) is 14.6. The molecule has 2 heteroatoms. The molecule has 0 saturated heterocycles. The highest BCUT2D eigenvalue weighted by atomic mass is 28.4. The lowest BCUT2D eigenvalue weighted by molar-refractivity contribution is 0.277. The van der Waals surface area contributed by atoms with E-state index in [-0.39, 0.29) is 0 Å². The van der Waals surface area contributed by atoms with Gasteiger partial charge in [0, 0.05) is 0 Å². The second-order valence-electron chi connectivity index (χ2n) is 6.89. The Kier molecular flexibility index (Phi) is 7.60. The van der Waals surface area contributed by atoms with E-state index in [0.717, 1.165) is 12.2 Å². The van der Waals surface area contributed by atoms with Crippen LogP contribution in [0.2, 0.25) is 16.1 Å². The topological polar surface area (TPSA) is 9.23 Å². The van der Waals surface area contributed by atoms with Gasteiger partial charge in [-0.15, -0.1) is 0 Å². The summed E-state index contributed by atoms with van der Waals surface area (Å²) in [6, 6.07) is 0. The first kappa shape index (κ1) is 18.9. The summed E-state index contributed by atoms with van der Waals surface area (Å²) in [6.07, 6.45) is 3.64. The minimum absolute atomic E-state index is 0.313. The molecule has 114 valence electrons. The molecule has 0 amide bonds. The van der Waals surface area contributed by atoms with Crippen molar-refractivity contribution in [2.45, 2.75) is 90.8 Å². The van der Waals surface area contributed by atoms with Crippen LogP contribution in [0.15, 0.2) is 12.2 Å². The normalized spacial score (nSPS) is 18.7. The Bertz CT molecular complexity index is 273. The van der Waals surface area contributed by atoms with E-state index in [9.17, 15) is 0 Å². The van der Waals surface area contributed by atoms with E-state index in [4.69, 9.17) is 4.43 Å². The second kappa shape index (κ2) is 7.63. The summed E-state index contributed by atoms with van der Waals surface area (Å²) in [4.78, 5) is 0. The molecular weight excluding hydrogens is 248 g/mol. The van der Waals surface area contributed by atoms with Gasteiger partial charge in [0.15, 0.2) is 0 Å². The van der Waals surface area contributed by atoms with Crippen LogP contribution in [0.5, 0.6) is 0 Å². The molecule has 0 saturated carbocycles. The fourth-order valence-corrected chi connectivity index (χ4v) is 10.3. The summed E-state index contributed by atoms with van der Waals surface area (Å²) in [5.74, 6) is 0. The Morgan fingerprint density at radius 3 is 1.79 bits per heavy atom. The van der Waals surface area contributed by atoms with Gasteiger partial charge < -0.3 is 4.43 Å². The van der Waals surface area contributed by atoms with Crippen molar-refractivity contribution in [3.05, 3.63) is 12.2 Å². The maximum absolute atomic E-state index is 6.69. The Balaban J connectivity index is 5.64. The van der Waals surface area contributed by atoms with Gasteiger partial charge >= 0.3 is 0 Å². The Labute approximate surface area is 123 Å². The van der Waals surface area contributed by atoms with Gasteiger partial charge in [-0.2, -0.15) is 0 Å². The average Bonchev–Trinajstić information content (AvgIpc) is 2.37. The molecule has 0 radical (unpaired) electrons. The van der Waals surface area contributed by atoms with Crippen LogP contribution in [0.25, 0.3) is 0 Å². The van der Waals surface area contributed by atoms with Crippen LogP contribution in [0.4, 0.5) is 0 Å². The van der Waals surface area contributed by atoms with Gasteiger partial charge in [-0.1, -0.05) is 79.9 Å². The molecule has 0 bridgehead atoms. The van der Waals surface area contributed by atoms with Crippen molar-refractivity contribution in [1.29, 1.82) is 0 Å². The van der Waals surface area contributed by atoms with Crippen LogP contribution < -0.4 is 0 Å². The van der Waals surface area contributed by atoms with Crippen LogP contribution in [0, 0.1) is 0 Å². The molecule has 0 aromatic rings. The minimum atomic E-state index is -1.85. The van der Waals surface area contributed by atoms with Crippen molar-refractivity contribution in [3.8, 4) is 0 Å². The smallest absolute Gasteiger partial charge is 0.204 e. The molecule has 0 aromatic carbocycles. The van der Waals surface area contributed by atoms with Crippen LogP contribution in [-0.2, 0) is 4.43 Å². The fourth-order valence-electron chi connectivity index (χ4n) is 3.43. The molecular formula is C17H36OSi. The van der Waals surface area contributed by atoms with Gasteiger partial charge in [0.1, 0.15) is 0 Å². The zero-order valence-corrected chi connectivity index (χ0v) is 15.6. The zero-order chi connectivity index (χ0) is 15.3. The first-order valence-corrected chi connectivity index (χ1v) is 10.0. The molecule has 0 aliphatic heterocycles. The molecule has 0 aliphatic rings. The highest BCUT2D eigenvalue weighted by Gasteiger charge is 2.54. The monoisotopic (exact) mass is 284 g/mol. The van der Waals surface area contributed by atoms with Crippen LogP contribution in [-0.4, -0.2) is 14.9 Å². The predicted octanol–water partition coefficient (Wildman–Crippen LogP) is 6.32. The fraction of sp³-hybridized carbons (Fsp3) is 0.882. The Morgan fingerprint density at radius 1 is 1.11 bits per heavy atom. The highest BCUT2D eigenvalue weighted by Crippen LogP contribution is 2.55. The van der Waals surface area contributed by atoms with E-state index in [0.29, 0.717) is 16.1 Å². The summed E-state index contributed by atoms with van der Waals surface area (Å²) < 4.78 is 6.69. The summed E-state index contributed by atoms with van der Waals surface area (Å²) in [5.41, 5.74) is 2.53. The number of rotatable bonds is 9. The predicted molar refractivity (Wildman–Crippen MR) is 90.3 cm³/mol. The van der Waals surface area contributed by atoms with Crippen molar-refractivity contribution in [2.75, 3.05) is 6.61 Å². The van der Waals surface area contributed by atoms with E-state index < -0.39 is 8.32 Å². The third kappa shape index (κ3) is 3.95. The van der Waals surface area contributed by atoms with Crippen LogP contribution in [0.3, 0.4) is 0 Å². The van der Waals surface area contributed by atoms with Gasteiger partial charge in [0.05, 0.1) is 6.61 Å². The standard InChI is InChI=1S/C17H36OSi/c1-10-15(6)19(16(7)11-2,17(8,9)12-3)18-13-14(4)5/h15-16H,4,10-13H2,1-3,5-9H3. The highest BCUT2D eigenvalue weighted by molar-refractivity contribution is 6.79. The van der Waals surface area contributed by atoms with Gasteiger partial charge in [0.25, 0.3) is 0 Å². The minimum Gasteiger partial charge on any atom is -0.412 e. The lowest BCUT2D eigenvalue weighted by Gasteiger charge is -2.51. The molecule has 0 spiro atoms. The molecule has 2 atom stereocenters. The summed E-state index contributed by atoms with van der Waals surface area (Å²) in [7, 11) is -1.85. The van der Waals surface area contributed by atoms with Crippen molar-refractivity contribution in [3.63, 3.8) is 0 Å². The van der Waals surface area contributed by atoms with E-state index in [1.54, 1.807) is 0 Å². The third-order valence-electron chi connectivity index (χ3n) is 5.19. The van der Waals surface area contributed by atoms with Gasteiger partial charge in [-0.25, -0.2) is 0 Å². The van der Waals surface area contributed by atoms with Gasteiger partial charge in [-0.3, -0.25) is 0 Å². The van der Waals surface area contributed by atoms with Crippen molar-refractivity contribution < 1.29 is 4.43 Å². The maximum atomic E-state index is 6.69. The third-order valence-corrected chi connectivity index (χ3v) is 12.0. The molecule has 0 aromatic heterocycles. The van der Waals surface area contributed by atoms with Crippen molar-refractivity contribution >= 4 is 8.32 Å². The van der Waals surface area contributed by atoms with E-state index >= 15 is 0 Å². The van der Waals surface area contributed by atoms with Crippen molar-refractivity contribution in [1.82, 2.24) is 0 Å². The molecule has 0 fully saturated rings. The molecule has 0 aliphatic carbocycles. The molecule has 2 unspecified atom stereocenters. The van der Waals surface area contributed by atoms with Crippen LogP contribution >= 0.6 is 0 Å². The number of hydrogen-bond donors (Lipinski definition) is 0. The lowest BCUT2D eigenvalue weighted by atomic mass is 10.1. The van der Waals surface area contributed by atoms with E-state index in [2.05, 4.69) is 62.0 Å². The largest absolute Gasteiger partial charge is 0.412 e. The second-order valence-corrected chi connectivity index (χ2v) is 12.1. The van der Waals surface area contributed by atoms with Crippen molar-refractivity contribution in [2.24, 2.45) is 0 Å². The summed E-state index contributed by atoms with van der Waals surface area (Å²) in [6.45, 7) is 23.5. The molecule has 0 N–H and O–H groups in total. The first-order valence-electron chi connectivity index (χ1n) is 7.97.